The Kier molecular flexibility index (Phi) is 4.84. The van der Waals surface area contributed by atoms with E-state index in [1.807, 2.05) is 34.9 Å². The summed E-state index contributed by atoms with van der Waals surface area (Å²) < 4.78 is 4.12. The van der Waals surface area contributed by atoms with Gasteiger partial charge in [0, 0.05) is 28.7 Å². The number of thiazole rings is 1. The van der Waals surface area contributed by atoms with Crippen LogP contribution in [0.2, 0.25) is 0 Å². The van der Waals surface area contributed by atoms with E-state index >= 15 is 0 Å². The van der Waals surface area contributed by atoms with Gasteiger partial charge < -0.3 is 0 Å². The Bertz CT molecular complexity index is 912. The molecule has 0 aliphatic rings. The molecular weight excluding hydrogens is 394 g/mol. The molecule has 0 amide bonds. The van der Waals surface area contributed by atoms with Crippen molar-refractivity contribution in [3.63, 3.8) is 0 Å². The first-order valence-electron chi connectivity index (χ1n) is 6.81. The quantitative estimate of drug-likeness (QED) is 0.476. The number of thioether (sulfide) groups is 1. The van der Waals surface area contributed by atoms with Crippen molar-refractivity contribution in [1.29, 1.82) is 0 Å². The first-order valence-corrected chi connectivity index (χ1v) is 8.68. The van der Waals surface area contributed by atoms with Crippen LogP contribution in [0.15, 0.2) is 53.4 Å². The van der Waals surface area contributed by atoms with Crippen molar-refractivity contribution in [1.82, 2.24) is 24.1 Å². The minimum absolute atomic E-state index is 0. The Labute approximate surface area is 152 Å². The Hall–Kier alpha value is -1.64. The van der Waals surface area contributed by atoms with Crippen molar-refractivity contribution >= 4 is 45.0 Å². The standard InChI is InChI=1S/C15H13N5S2.BrH/c1-11-8-21-14-17-12(7-19(11)14)9-22-15-18-16-10-20(15)13-5-3-2-4-6-13;/h2-8,10H,9H2,1H3;1H. The predicted molar refractivity (Wildman–Crippen MR) is 99.0 cm³/mol. The zero-order chi connectivity index (χ0) is 14.9. The highest BCUT2D eigenvalue weighted by atomic mass is 79.9. The molecular formula is C15H14BrN5S2. The van der Waals surface area contributed by atoms with E-state index in [-0.39, 0.29) is 17.0 Å². The third-order valence-corrected chi connectivity index (χ3v) is 5.27. The Balaban J connectivity index is 0.00000156. The van der Waals surface area contributed by atoms with Crippen LogP contribution in [0, 0.1) is 6.92 Å². The number of benzene rings is 1. The maximum Gasteiger partial charge on any atom is 0.195 e. The van der Waals surface area contributed by atoms with E-state index in [1.54, 1.807) is 29.4 Å². The molecule has 0 fully saturated rings. The topological polar surface area (TPSA) is 48.0 Å². The lowest BCUT2D eigenvalue weighted by Crippen LogP contribution is -1.94. The highest BCUT2D eigenvalue weighted by Gasteiger charge is 2.10. The van der Waals surface area contributed by atoms with Gasteiger partial charge in [0.1, 0.15) is 6.33 Å². The van der Waals surface area contributed by atoms with E-state index in [9.17, 15) is 0 Å². The highest BCUT2D eigenvalue weighted by molar-refractivity contribution is 8.93. The van der Waals surface area contributed by atoms with Gasteiger partial charge in [0.2, 0.25) is 0 Å². The summed E-state index contributed by atoms with van der Waals surface area (Å²) in [4.78, 5) is 5.68. The Morgan fingerprint density at radius 1 is 1.22 bits per heavy atom. The third-order valence-electron chi connectivity index (χ3n) is 3.34. The van der Waals surface area contributed by atoms with Crippen molar-refractivity contribution in [2.45, 2.75) is 17.8 Å². The van der Waals surface area contributed by atoms with Gasteiger partial charge in [-0.3, -0.25) is 8.97 Å². The first kappa shape index (κ1) is 16.2. The minimum Gasteiger partial charge on any atom is -0.295 e. The van der Waals surface area contributed by atoms with Crippen LogP contribution in [0.25, 0.3) is 10.6 Å². The minimum atomic E-state index is 0. The van der Waals surface area contributed by atoms with E-state index in [4.69, 9.17) is 0 Å². The molecule has 0 saturated heterocycles. The molecule has 1 aromatic carbocycles. The molecule has 0 aliphatic carbocycles. The zero-order valence-corrected chi connectivity index (χ0v) is 15.6. The summed E-state index contributed by atoms with van der Waals surface area (Å²) in [6, 6.07) is 10.1. The van der Waals surface area contributed by atoms with E-state index in [2.05, 4.69) is 38.1 Å². The molecule has 0 bridgehead atoms. The normalized spacial score (nSPS) is 10.8. The number of halogens is 1. The lowest BCUT2D eigenvalue weighted by atomic mass is 10.3. The molecule has 3 heterocycles. The summed E-state index contributed by atoms with van der Waals surface area (Å²) in [5, 5.41) is 11.2. The van der Waals surface area contributed by atoms with Gasteiger partial charge in [0.05, 0.1) is 5.69 Å². The molecule has 0 N–H and O–H groups in total. The maximum absolute atomic E-state index is 4.64. The number of hydrogen-bond acceptors (Lipinski definition) is 5. The van der Waals surface area contributed by atoms with Crippen LogP contribution in [0.3, 0.4) is 0 Å². The molecule has 0 spiro atoms. The maximum atomic E-state index is 4.64. The van der Waals surface area contributed by atoms with E-state index in [0.29, 0.717) is 0 Å². The van der Waals surface area contributed by atoms with E-state index in [1.165, 1.54) is 5.69 Å². The number of imidazole rings is 1. The van der Waals surface area contributed by atoms with E-state index < -0.39 is 0 Å². The number of rotatable bonds is 4. The number of aromatic nitrogens is 5. The highest BCUT2D eigenvalue weighted by Crippen LogP contribution is 2.24. The number of nitrogens with zero attached hydrogens (tertiary/aromatic N) is 5. The van der Waals surface area contributed by atoms with Crippen LogP contribution in [-0.4, -0.2) is 24.1 Å². The molecule has 0 saturated carbocycles. The van der Waals surface area contributed by atoms with Gasteiger partial charge in [-0.05, 0) is 19.1 Å². The Morgan fingerprint density at radius 3 is 2.83 bits per heavy atom. The van der Waals surface area contributed by atoms with Crippen LogP contribution in [0.5, 0.6) is 0 Å². The van der Waals surface area contributed by atoms with Crippen LogP contribution in [-0.2, 0) is 5.75 Å². The summed E-state index contributed by atoms with van der Waals surface area (Å²) in [6.45, 7) is 2.09. The van der Waals surface area contributed by atoms with Crippen molar-refractivity contribution in [2.75, 3.05) is 0 Å². The number of hydrogen-bond donors (Lipinski definition) is 0. The van der Waals surface area contributed by atoms with E-state index in [0.717, 1.165) is 27.3 Å². The molecule has 4 aromatic rings. The van der Waals surface area contributed by atoms with Crippen molar-refractivity contribution in [3.8, 4) is 5.69 Å². The SMILES string of the molecule is Br.Cc1csc2nc(CSc3nncn3-c3ccccc3)cn12. The molecule has 0 radical (unpaired) electrons. The van der Waals surface area contributed by atoms with Gasteiger partial charge in [0.15, 0.2) is 10.1 Å². The second-order valence-electron chi connectivity index (χ2n) is 4.87. The molecule has 0 unspecified atom stereocenters. The average molecular weight is 408 g/mol. The molecule has 5 nitrogen and oxygen atoms in total. The lowest BCUT2D eigenvalue weighted by molar-refractivity contribution is 0.883. The monoisotopic (exact) mass is 407 g/mol. The molecule has 4 rings (SSSR count). The molecule has 0 aliphatic heterocycles. The zero-order valence-electron chi connectivity index (χ0n) is 12.3. The van der Waals surface area contributed by atoms with Crippen LogP contribution < -0.4 is 0 Å². The van der Waals surface area contributed by atoms with Crippen LogP contribution in [0.1, 0.15) is 11.4 Å². The molecule has 118 valence electrons. The van der Waals surface area contributed by atoms with Gasteiger partial charge in [-0.15, -0.1) is 38.5 Å². The van der Waals surface area contributed by atoms with Gasteiger partial charge in [-0.25, -0.2) is 4.98 Å². The second-order valence-corrected chi connectivity index (χ2v) is 6.65. The summed E-state index contributed by atoms with van der Waals surface area (Å²) in [5.41, 5.74) is 3.34. The predicted octanol–water partition coefficient (Wildman–Crippen LogP) is 4.16. The molecule has 23 heavy (non-hydrogen) atoms. The number of para-hydroxylation sites is 1. The fourth-order valence-corrected chi connectivity index (χ4v) is 3.92. The van der Waals surface area contributed by atoms with Crippen LogP contribution >= 0.6 is 40.1 Å². The molecule has 3 aromatic heterocycles. The largest absolute Gasteiger partial charge is 0.295 e. The third kappa shape index (κ3) is 3.19. The van der Waals surface area contributed by atoms with Gasteiger partial charge >= 0.3 is 0 Å². The lowest BCUT2D eigenvalue weighted by Gasteiger charge is -2.04. The van der Waals surface area contributed by atoms with Crippen molar-refractivity contribution < 1.29 is 0 Å². The summed E-state index contributed by atoms with van der Waals surface area (Å²) in [6.07, 6.45) is 3.84. The first-order chi connectivity index (χ1) is 10.8. The molecule has 0 atom stereocenters. The number of aryl methyl sites for hydroxylation is 1. The van der Waals surface area contributed by atoms with Gasteiger partial charge in [-0.1, -0.05) is 30.0 Å². The average Bonchev–Trinajstić information content (AvgIpc) is 3.24. The Morgan fingerprint density at radius 2 is 2.04 bits per heavy atom. The fourth-order valence-electron chi connectivity index (χ4n) is 2.24. The number of fused-ring (bicyclic) bond motifs is 1. The smallest absolute Gasteiger partial charge is 0.195 e. The van der Waals surface area contributed by atoms with Crippen LogP contribution in [0.4, 0.5) is 0 Å². The fraction of sp³-hybridized carbons (Fsp3) is 0.133. The van der Waals surface area contributed by atoms with Gasteiger partial charge in [0.25, 0.3) is 0 Å². The second kappa shape index (κ2) is 6.86. The van der Waals surface area contributed by atoms with Crippen molar-refractivity contribution in [2.24, 2.45) is 0 Å². The molecule has 8 heteroatoms. The summed E-state index contributed by atoms with van der Waals surface area (Å²) in [7, 11) is 0. The van der Waals surface area contributed by atoms with Gasteiger partial charge in [-0.2, -0.15) is 0 Å². The summed E-state index contributed by atoms with van der Waals surface area (Å²) >= 11 is 3.31. The van der Waals surface area contributed by atoms with Crippen molar-refractivity contribution in [3.05, 3.63) is 59.6 Å². The summed E-state index contributed by atoms with van der Waals surface area (Å²) in [5.74, 6) is 0.777.